The fraction of sp³-hybridized carbons (Fsp3) is 0.500. The van der Waals surface area contributed by atoms with Gasteiger partial charge in [0.1, 0.15) is 12.4 Å². The van der Waals surface area contributed by atoms with Gasteiger partial charge in [-0.2, -0.15) is 0 Å². The molecule has 0 bridgehead atoms. The Bertz CT molecular complexity index is 539. The third-order valence-corrected chi connectivity index (χ3v) is 2.53. The topological polar surface area (TPSA) is 99.9 Å². The van der Waals surface area contributed by atoms with E-state index in [1.807, 2.05) is 0 Å². The van der Waals surface area contributed by atoms with Crippen LogP contribution in [0.15, 0.2) is 18.2 Å². The maximum Gasteiger partial charge on any atom is 0.337 e. The van der Waals surface area contributed by atoms with Gasteiger partial charge >= 0.3 is 5.97 Å². The van der Waals surface area contributed by atoms with Crippen LogP contribution in [0.5, 0.6) is 5.75 Å². The summed E-state index contributed by atoms with van der Waals surface area (Å²) in [6.45, 7) is 5.70. The molecule has 1 N–H and O–H groups in total. The van der Waals surface area contributed by atoms with E-state index in [2.05, 4.69) is 5.48 Å². The number of hydrogen-bond acceptors (Lipinski definition) is 7. The van der Waals surface area contributed by atoms with E-state index >= 15 is 0 Å². The molecule has 1 aromatic carbocycles. The van der Waals surface area contributed by atoms with E-state index in [0.29, 0.717) is 6.61 Å². The summed E-state index contributed by atoms with van der Waals surface area (Å²) in [5.74, 6) is -0.207. The number of ether oxygens (including phenoxy) is 2. The molecule has 0 atom stereocenters. The van der Waals surface area contributed by atoms with Crippen molar-refractivity contribution in [1.29, 1.82) is 0 Å². The van der Waals surface area contributed by atoms with E-state index in [1.54, 1.807) is 20.8 Å². The van der Waals surface area contributed by atoms with Gasteiger partial charge in [-0.1, -0.05) is 0 Å². The Labute approximate surface area is 128 Å². The Kier molecular flexibility index (Phi) is 6.11. The van der Waals surface area contributed by atoms with Crippen LogP contribution in [0.4, 0.5) is 11.4 Å². The molecule has 0 aliphatic carbocycles. The second-order valence-electron chi connectivity index (χ2n) is 5.56. The maximum atomic E-state index is 11.7. The molecule has 0 spiro atoms. The smallest absolute Gasteiger partial charge is 0.337 e. The first-order chi connectivity index (χ1) is 10.2. The summed E-state index contributed by atoms with van der Waals surface area (Å²) in [4.78, 5) is 27.0. The van der Waals surface area contributed by atoms with Gasteiger partial charge in [0.2, 0.25) is 0 Å². The second kappa shape index (κ2) is 7.60. The predicted octanol–water partition coefficient (Wildman–Crippen LogP) is 2.54. The molecule has 1 rings (SSSR count). The van der Waals surface area contributed by atoms with Crippen molar-refractivity contribution >= 4 is 17.3 Å². The molecular formula is C14H20N2O6. The average molecular weight is 312 g/mol. The summed E-state index contributed by atoms with van der Waals surface area (Å²) in [6.07, 6.45) is 0. The van der Waals surface area contributed by atoms with Crippen molar-refractivity contribution in [3.8, 4) is 5.75 Å². The Morgan fingerprint density at radius 3 is 2.50 bits per heavy atom. The summed E-state index contributed by atoms with van der Waals surface area (Å²) in [5, 5.41) is 10.9. The first-order valence-electron chi connectivity index (χ1n) is 6.62. The maximum absolute atomic E-state index is 11.7. The number of non-ortho nitro benzene ring substituents is 1. The zero-order valence-corrected chi connectivity index (χ0v) is 13.0. The molecule has 0 radical (unpaired) electrons. The highest BCUT2D eigenvalue weighted by Crippen LogP contribution is 2.26. The van der Waals surface area contributed by atoms with Crippen molar-refractivity contribution in [2.75, 3.05) is 25.8 Å². The van der Waals surface area contributed by atoms with Crippen molar-refractivity contribution in [3.05, 3.63) is 28.3 Å². The summed E-state index contributed by atoms with van der Waals surface area (Å²) in [6, 6.07) is 4.03. The number of nitro benzene ring substituents is 1. The minimum atomic E-state index is -0.689. The highest BCUT2D eigenvalue weighted by atomic mass is 16.7. The molecule has 122 valence electrons. The molecule has 0 amide bonds. The van der Waals surface area contributed by atoms with E-state index < -0.39 is 16.3 Å². The normalized spacial score (nSPS) is 10.9. The summed E-state index contributed by atoms with van der Waals surface area (Å²) >= 11 is 0. The molecule has 0 saturated carbocycles. The molecule has 22 heavy (non-hydrogen) atoms. The Morgan fingerprint density at radius 2 is 1.95 bits per heavy atom. The van der Waals surface area contributed by atoms with Gasteiger partial charge in [0.15, 0.2) is 0 Å². The Morgan fingerprint density at radius 1 is 1.27 bits per heavy atom. The molecule has 0 aliphatic heterocycles. The first kappa shape index (κ1) is 17.7. The highest BCUT2D eigenvalue weighted by molar-refractivity contribution is 5.76. The SMILES string of the molecule is COCCOc1cc(NOC(=O)C(C)(C)C)cc([N+](=O)[O-])c1. The zero-order chi connectivity index (χ0) is 16.8. The van der Waals surface area contributed by atoms with Gasteiger partial charge in [-0.05, 0) is 20.8 Å². The predicted molar refractivity (Wildman–Crippen MR) is 79.6 cm³/mol. The third kappa shape index (κ3) is 5.57. The Hall–Kier alpha value is -2.35. The number of nitro groups is 1. The van der Waals surface area contributed by atoms with Gasteiger partial charge in [0.05, 0.1) is 28.7 Å². The largest absolute Gasteiger partial charge is 0.491 e. The average Bonchev–Trinajstić information content (AvgIpc) is 2.43. The van der Waals surface area contributed by atoms with Crippen LogP contribution in [-0.2, 0) is 14.4 Å². The monoisotopic (exact) mass is 312 g/mol. The Balaban J connectivity index is 2.84. The van der Waals surface area contributed by atoms with Gasteiger partial charge < -0.3 is 14.3 Å². The van der Waals surface area contributed by atoms with Gasteiger partial charge in [0, 0.05) is 19.2 Å². The fourth-order valence-corrected chi connectivity index (χ4v) is 1.33. The number of carbonyl (C=O) groups is 1. The first-order valence-corrected chi connectivity index (χ1v) is 6.62. The lowest BCUT2D eigenvalue weighted by atomic mass is 9.98. The quantitative estimate of drug-likeness (QED) is 0.469. The molecule has 8 nitrogen and oxygen atoms in total. The number of nitrogens with zero attached hydrogens (tertiary/aromatic N) is 1. The van der Waals surface area contributed by atoms with Crippen LogP contribution in [0, 0.1) is 15.5 Å². The molecule has 0 fully saturated rings. The number of benzene rings is 1. The number of nitrogens with one attached hydrogen (secondary N) is 1. The van der Waals surface area contributed by atoms with Crippen molar-refractivity contribution < 1.29 is 24.0 Å². The van der Waals surface area contributed by atoms with Crippen LogP contribution >= 0.6 is 0 Å². The lowest BCUT2D eigenvalue weighted by Gasteiger charge is -2.17. The van der Waals surface area contributed by atoms with E-state index in [1.165, 1.54) is 25.3 Å². The van der Waals surface area contributed by atoms with Crippen molar-refractivity contribution in [2.45, 2.75) is 20.8 Å². The van der Waals surface area contributed by atoms with Crippen molar-refractivity contribution in [3.63, 3.8) is 0 Å². The van der Waals surface area contributed by atoms with E-state index in [4.69, 9.17) is 14.3 Å². The molecule has 0 aromatic heterocycles. The molecule has 0 saturated heterocycles. The molecule has 1 aromatic rings. The molecule has 8 heteroatoms. The zero-order valence-electron chi connectivity index (χ0n) is 13.0. The minimum absolute atomic E-state index is 0.177. The van der Waals surface area contributed by atoms with Crippen molar-refractivity contribution in [2.24, 2.45) is 5.41 Å². The van der Waals surface area contributed by atoms with Crippen LogP contribution in [0.25, 0.3) is 0 Å². The van der Waals surface area contributed by atoms with Crippen LogP contribution < -0.4 is 10.2 Å². The fourth-order valence-electron chi connectivity index (χ4n) is 1.33. The van der Waals surface area contributed by atoms with Gasteiger partial charge in [-0.3, -0.25) is 10.1 Å². The number of anilines is 1. The third-order valence-electron chi connectivity index (χ3n) is 2.53. The molecule has 0 aliphatic rings. The highest BCUT2D eigenvalue weighted by Gasteiger charge is 2.24. The number of hydrogen-bond donors (Lipinski definition) is 1. The van der Waals surface area contributed by atoms with Crippen LogP contribution in [0.3, 0.4) is 0 Å². The lowest BCUT2D eigenvalue weighted by molar-refractivity contribution is -0.384. The van der Waals surface area contributed by atoms with Crippen molar-refractivity contribution in [1.82, 2.24) is 0 Å². The number of rotatable bonds is 7. The second-order valence-corrected chi connectivity index (χ2v) is 5.56. The number of methoxy groups -OCH3 is 1. The molecular weight excluding hydrogens is 292 g/mol. The van der Waals surface area contributed by atoms with E-state index in [9.17, 15) is 14.9 Å². The van der Waals surface area contributed by atoms with Gasteiger partial charge in [0.25, 0.3) is 5.69 Å². The standard InChI is InChI=1S/C14H20N2O6/c1-14(2,3)13(17)22-15-10-7-11(16(18)19)9-12(8-10)21-6-5-20-4/h7-9,15H,5-6H2,1-4H3. The number of carbonyl (C=O) groups excluding carboxylic acids is 1. The summed E-state index contributed by atoms with van der Waals surface area (Å²) in [5.41, 5.74) is 1.80. The van der Waals surface area contributed by atoms with Gasteiger partial charge in [-0.15, -0.1) is 0 Å². The summed E-state index contributed by atoms with van der Waals surface area (Å²) in [7, 11) is 1.52. The van der Waals surface area contributed by atoms with E-state index in [-0.39, 0.29) is 23.7 Å². The molecule has 0 heterocycles. The van der Waals surface area contributed by atoms with E-state index in [0.717, 1.165) is 0 Å². The van der Waals surface area contributed by atoms with Crippen LogP contribution in [-0.4, -0.2) is 31.2 Å². The molecule has 0 unspecified atom stereocenters. The summed E-state index contributed by atoms with van der Waals surface area (Å²) < 4.78 is 10.2. The van der Waals surface area contributed by atoms with Crippen LogP contribution in [0.1, 0.15) is 20.8 Å². The minimum Gasteiger partial charge on any atom is -0.491 e. The lowest BCUT2D eigenvalue weighted by Crippen LogP contribution is -2.25. The van der Waals surface area contributed by atoms with Gasteiger partial charge in [-0.25, -0.2) is 10.3 Å². The van der Waals surface area contributed by atoms with Crippen LogP contribution in [0.2, 0.25) is 0 Å².